The monoisotopic (exact) mass is 531 g/mol. The fraction of sp³-hybridized carbons (Fsp3) is 0.636. The number of benzene rings is 1. The molecule has 3 N–H and O–H groups in total. The lowest BCUT2D eigenvalue weighted by molar-refractivity contribution is -0.133. The van der Waals surface area contributed by atoms with Gasteiger partial charge in [0.15, 0.2) is 0 Å². The number of carbonyl (C=O) groups excluding carboxylic acids is 2. The maximum Gasteiger partial charge on any atom is 0.322 e. The average molecular weight is 531 g/mol. The minimum absolute atomic E-state index is 0.0164. The second-order valence-corrected chi connectivity index (χ2v) is 10.1. The molecule has 1 aliphatic carbocycles. The fourth-order valence-corrected chi connectivity index (χ4v) is 5.83. The average Bonchev–Trinajstić information content (AvgIpc) is 2.68. The first-order chi connectivity index (χ1) is 14.2. The zero-order valence-corrected chi connectivity index (χ0v) is 19.9. The van der Waals surface area contributed by atoms with Gasteiger partial charge in [-0.25, -0.2) is 9.18 Å². The van der Waals surface area contributed by atoms with E-state index in [0.717, 1.165) is 19.3 Å². The number of urea groups is 1. The second-order valence-electron chi connectivity index (χ2n) is 8.90. The van der Waals surface area contributed by atoms with Crippen LogP contribution >= 0.6 is 22.6 Å². The van der Waals surface area contributed by atoms with Crippen molar-refractivity contribution in [2.24, 2.45) is 23.7 Å². The number of hydrogen-bond acceptors (Lipinski definition) is 3. The van der Waals surface area contributed by atoms with Crippen LogP contribution in [0.25, 0.3) is 0 Å². The predicted molar refractivity (Wildman–Crippen MR) is 122 cm³/mol. The molecule has 6 atom stereocenters. The number of carbonyl (C=O) groups is 2. The molecule has 0 bridgehead atoms. The van der Waals surface area contributed by atoms with E-state index in [9.17, 15) is 19.1 Å². The van der Waals surface area contributed by atoms with Gasteiger partial charge in [0, 0.05) is 22.2 Å². The fourth-order valence-electron chi connectivity index (χ4n) is 5.22. The van der Waals surface area contributed by atoms with Crippen LogP contribution in [-0.4, -0.2) is 47.2 Å². The highest BCUT2D eigenvalue weighted by Gasteiger charge is 2.44. The number of fused-ring (bicyclic) bond motifs is 1. The Bertz CT molecular complexity index is 793. The molecule has 2 aliphatic rings. The Hall–Kier alpha value is -1.42. The standard InChI is InChI=1S/C22H31FIN3O3/c1-12-8-13(2)20-15(9-12)10-17(21(29)26-20)14(3)27(6-7-28)22(30)25-19-5-4-16(23)11-18(19)24/h4-5,11-15,17,20,28H,6-10H2,1-3H3,(H,25,30)(H,26,29). The quantitative estimate of drug-likeness (QED) is 0.506. The molecule has 30 heavy (non-hydrogen) atoms. The number of rotatable bonds is 5. The van der Waals surface area contributed by atoms with Gasteiger partial charge in [-0.05, 0) is 84.7 Å². The molecule has 1 saturated heterocycles. The van der Waals surface area contributed by atoms with E-state index >= 15 is 0 Å². The summed E-state index contributed by atoms with van der Waals surface area (Å²) >= 11 is 1.97. The van der Waals surface area contributed by atoms with Crippen LogP contribution in [0, 0.1) is 33.1 Å². The van der Waals surface area contributed by atoms with Gasteiger partial charge < -0.3 is 20.6 Å². The highest BCUT2D eigenvalue weighted by molar-refractivity contribution is 14.1. The minimum atomic E-state index is -0.402. The Balaban J connectivity index is 1.74. The molecule has 3 amide bonds. The molecule has 1 aliphatic heterocycles. The number of nitrogens with one attached hydrogen (secondary N) is 2. The zero-order chi connectivity index (χ0) is 22.0. The molecular weight excluding hydrogens is 500 g/mol. The summed E-state index contributed by atoms with van der Waals surface area (Å²) in [5.41, 5.74) is 0.500. The topological polar surface area (TPSA) is 81.7 Å². The van der Waals surface area contributed by atoms with Gasteiger partial charge in [0.2, 0.25) is 5.91 Å². The summed E-state index contributed by atoms with van der Waals surface area (Å²) in [6, 6.07) is 3.58. The van der Waals surface area contributed by atoms with Crippen LogP contribution in [0.3, 0.4) is 0 Å². The third-order valence-electron chi connectivity index (χ3n) is 6.65. The van der Waals surface area contributed by atoms with Gasteiger partial charge in [-0.15, -0.1) is 0 Å². The van der Waals surface area contributed by atoms with Gasteiger partial charge >= 0.3 is 6.03 Å². The third kappa shape index (κ3) is 5.07. The lowest BCUT2D eigenvalue weighted by Gasteiger charge is -2.47. The summed E-state index contributed by atoms with van der Waals surface area (Å²) in [5.74, 6) is 0.778. The Labute approximate surface area is 191 Å². The predicted octanol–water partition coefficient (Wildman–Crippen LogP) is 3.83. The smallest absolute Gasteiger partial charge is 0.322 e. The van der Waals surface area contributed by atoms with Crippen LogP contribution < -0.4 is 10.6 Å². The van der Waals surface area contributed by atoms with E-state index in [-0.39, 0.29) is 42.9 Å². The molecule has 166 valence electrons. The van der Waals surface area contributed by atoms with Crippen LogP contribution in [-0.2, 0) is 4.79 Å². The van der Waals surface area contributed by atoms with E-state index in [1.807, 2.05) is 29.5 Å². The van der Waals surface area contributed by atoms with E-state index in [2.05, 4.69) is 24.5 Å². The molecule has 6 nitrogen and oxygen atoms in total. The Morgan fingerprint density at radius 3 is 2.77 bits per heavy atom. The molecule has 1 aromatic rings. The summed E-state index contributed by atoms with van der Waals surface area (Å²) < 4.78 is 13.9. The van der Waals surface area contributed by atoms with E-state index < -0.39 is 6.03 Å². The minimum Gasteiger partial charge on any atom is -0.395 e. The third-order valence-corrected chi connectivity index (χ3v) is 7.54. The molecule has 8 heteroatoms. The van der Waals surface area contributed by atoms with Gasteiger partial charge in [0.1, 0.15) is 5.82 Å². The summed E-state index contributed by atoms with van der Waals surface area (Å²) in [4.78, 5) is 27.4. The van der Waals surface area contributed by atoms with Crippen molar-refractivity contribution in [1.29, 1.82) is 0 Å². The van der Waals surface area contributed by atoms with Gasteiger partial charge in [-0.1, -0.05) is 13.8 Å². The molecule has 0 radical (unpaired) electrons. The summed E-state index contributed by atoms with van der Waals surface area (Å²) in [7, 11) is 0. The lowest BCUT2D eigenvalue weighted by atomic mass is 9.67. The number of anilines is 1. The first-order valence-corrected chi connectivity index (χ1v) is 11.7. The first-order valence-electron chi connectivity index (χ1n) is 10.6. The van der Waals surface area contributed by atoms with Crippen LogP contribution in [0.4, 0.5) is 14.9 Å². The maximum absolute atomic E-state index is 13.4. The van der Waals surface area contributed by atoms with Crippen molar-refractivity contribution in [3.8, 4) is 0 Å². The highest BCUT2D eigenvalue weighted by atomic mass is 127. The normalized spacial score (nSPS) is 29.5. The SMILES string of the molecule is CC1CC(C)C2NC(=O)C(C(C)N(CCO)C(=O)Nc3ccc(F)cc3I)CC2C1. The number of aliphatic hydroxyl groups is 1. The summed E-state index contributed by atoms with van der Waals surface area (Å²) in [5, 5.41) is 15.6. The highest BCUT2D eigenvalue weighted by Crippen LogP contribution is 2.40. The van der Waals surface area contributed by atoms with Crippen LogP contribution in [0.2, 0.25) is 0 Å². The van der Waals surface area contributed by atoms with E-state index in [1.54, 1.807) is 0 Å². The van der Waals surface area contributed by atoms with E-state index in [4.69, 9.17) is 0 Å². The Morgan fingerprint density at radius 1 is 1.37 bits per heavy atom. The molecule has 6 unspecified atom stereocenters. The number of halogens is 2. The van der Waals surface area contributed by atoms with Crippen LogP contribution in [0.5, 0.6) is 0 Å². The molecular formula is C22H31FIN3O3. The molecule has 0 aromatic heterocycles. The summed E-state index contributed by atoms with van der Waals surface area (Å²) in [6.45, 7) is 6.25. The number of piperidine rings is 1. The maximum atomic E-state index is 13.4. The van der Waals surface area contributed by atoms with Gasteiger partial charge in [-0.2, -0.15) is 0 Å². The van der Waals surface area contributed by atoms with Gasteiger partial charge in [0.05, 0.1) is 18.2 Å². The first kappa shape index (κ1) is 23.2. The number of aliphatic hydroxyl groups excluding tert-OH is 1. The molecule has 1 aromatic carbocycles. The van der Waals surface area contributed by atoms with E-state index in [1.165, 1.54) is 23.1 Å². The Morgan fingerprint density at radius 2 is 2.10 bits per heavy atom. The van der Waals surface area contributed by atoms with Crippen molar-refractivity contribution in [3.05, 3.63) is 27.6 Å². The van der Waals surface area contributed by atoms with Crippen molar-refractivity contribution in [3.63, 3.8) is 0 Å². The molecule has 0 spiro atoms. The molecule has 1 saturated carbocycles. The van der Waals surface area contributed by atoms with E-state index in [0.29, 0.717) is 27.0 Å². The van der Waals surface area contributed by atoms with Crippen molar-refractivity contribution < 1.29 is 19.1 Å². The van der Waals surface area contributed by atoms with Crippen LogP contribution in [0.15, 0.2) is 18.2 Å². The van der Waals surface area contributed by atoms with Crippen molar-refractivity contribution in [2.75, 3.05) is 18.5 Å². The number of amides is 3. The molecule has 3 rings (SSSR count). The second kappa shape index (κ2) is 9.80. The molecule has 1 heterocycles. The lowest BCUT2D eigenvalue weighted by Crippen LogP contribution is -2.59. The molecule has 2 fully saturated rings. The number of nitrogens with zero attached hydrogens (tertiary/aromatic N) is 1. The van der Waals surface area contributed by atoms with Crippen molar-refractivity contribution in [2.45, 2.75) is 52.1 Å². The van der Waals surface area contributed by atoms with Gasteiger partial charge in [0.25, 0.3) is 0 Å². The van der Waals surface area contributed by atoms with Gasteiger partial charge in [-0.3, -0.25) is 4.79 Å². The van der Waals surface area contributed by atoms with Crippen molar-refractivity contribution in [1.82, 2.24) is 10.2 Å². The Kier molecular flexibility index (Phi) is 7.60. The van der Waals surface area contributed by atoms with Crippen LogP contribution in [0.1, 0.15) is 40.0 Å². The number of hydrogen-bond donors (Lipinski definition) is 3. The van der Waals surface area contributed by atoms with Crippen molar-refractivity contribution >= 4 is 40.2 Å². The largest absolute Gasteiger partial charge is 0.395 e. The summed E-state index contributed by atoms with van der Waals surface area (Å²) in [6.07, 6.45) is 2.95. The zero-order valence-electron chi connectivity index (χ0n) is 17.7.